The molecule has 0 amide bonds. The number of unbranched alkanes of at least 4 members (excludes halogenated alkanes) is 14. The first kappa shape index (κ1) is 45.5. The highest BCUT2D eigenvalue weighted by Crippen LogP contribution is 2.38. The molecule has 0 radical (unpaired) electrons. The molecule has 0 aromatic heterocycles. The monoisotopic (exact) mass is 683 g/mol. The smallest absolute Gasteiger partial charge is 0.305 e. The number of carbonyl (C=O) groups is 1. The molecule has 0 aromatic rings. The van der Waals surface area contributed by atoms with Crippen LogP contribution in [0.2, 0.25) is 0 Å². The predicted molar refractivity (Wildman–Crippen MR) is 194 cm³/mol. The van der Waals surface area contributed by atoms with Gasteiger partial charge in [0.1, 0.15) is 25.9 Å². The zero-order chi connectivity index (χ0) is 34.9. The third-order valence-electron chi connectivity index (χ3n) is 7.59. The van der Waals surface area contributed by atoms with Crippen LogP contribution in [0.25, 0.3) is 0 Å². The molecule has 8 nitrogen and oxygen atoms in total. The SMILES string of the molecule is CC/C=C\C/C=C\C/C=C\C/C=C\CCCCCCCCCCCCCCCCC(=O)OCC(O)COP(=O)([O-])OCC[N+](C)(C)C. The van der Waals surface area contributed by atoms with Gasteiger partial charge in [-0.15, -0.1) is 0 Å². The molecule has 0 bridgehead atoms. The number of nitrogens with zero attached hydrogens (tertiary/aromatic N) is 1. The van der Waals surface area contributed by atoms with E-state index < -0.39 is 20.5 Å². The Hall–Kier alpha value is -1.54. The van der Waals surface area contributed by atoms with Crippen molar-refractivity contribution in [1.29, 1.82) is 0 Å². The van der Waals surface area contributed by atoms with E-state index in [1.807, 2.05) is 21.1 Å². The first-order chi connectivity index (χ1) is 22.6. The van der Waals surface area contributed by atoms with Crippen molar-refractivity contribution in [2.24, 2.45) is 0 Å². The van der Waals surface area contributed by atoms with Crippen molar-refractivity contribution in [2.45, 2.75) is 141 Å². The molecule has 0 aromatic carbocycles. The average molecular weight is 684 g/mol. The van der Waals surface area contributed by atoms with E-state index in [4.69, 9.17) is 9.26 Å². The zero-order valence-electron chi connectivity index (χ0n) is 30.5. The van der Waals surface area contributed by atoms with Gasteiger partial charge in [0.2, 0.25) is 0 Å². The molecule has 0 aliphatic rings. The summed E-state index contributed by atoms with van der Waals surface area (Å²) < 4.78 is 26.8. The number of ether oxygens (including phenoxy) is 1. The Morgan fingerprint density at radius 2 is 1.13 bits per heavy atom. The number of allylic oxidation sites excluding steroid dienone is 8. The van der Waals surface area contributed by atoms with Gasteiger partial charge >= 0.3 is 5.97 Å². The molecular weight excluding hydrogens is 613 g/mol. The van der Waals surface area contributed by atoms with Gasteiger partial charge < -0.3 is 28.3 Å². The second kappa shape index (κ2) is 31.7. The molecule has 1 N–H and O–H groups in total. The molecule has 47 heavy (non-hydrogen) atoms. The molecule has 274 valence electrons. The Morgan fingerprint density at radius 1 is 0.681 bits per heavy atom. The van der Waals surface area contributed by atoms with Crippen LogP contribution >= 0.6 is 7.82 Å². The molecule has 0 fully saturated rings. The normalized spacial score (nSPS) is 14.6. The standard InChI is InChI=1S/C38H70NO7P/c1-5-6-7-8-9-10-11-12-13-14-15-16-17-18-19-20-21-22-23-24-25-26-27-28-29-30-31-32-38(41)44-35-37(40)36-46-47(42,43)45-34-33-39(2,3)4/h6-7,9-10,12-13,15-16,37,40H,5,8,11,14,17-36H2,1-4H3/b7-6-,10-9-,13-12-,16-15-. The third kappa shape index (κ3) is 37.1. The van der Waals surface area contributed by atoms with E-state index in [0.29, 0.717) is 17.4 Å². The fourth-order valence-electron chi connectivity index (χ4n) is 4.70. The van der Waals surface area contributed by atoms with Gasteiger partial charge in [0.05, 0.1) is 27.7 Å². The van der Waals surface area contributed by atoms with Crippen LogP contribution in [0.15, 0.2) is 48.6 Å². The van der Waals surface area contributed by atoms with E-state index in [0.717, 1.165) is 44.9 Å². The summed E-state index contributed by atoms with van der Waals surface area (Å²) in [5.41, 5.74) is 0. The van der Waals surface area contributed by atoms with Crippen molar-refractivity contribution in [2.75, 3.05) is 47.5 Å². The van der Waals surface area contributed by atoms with Gasteiger partial charge in [0.15, 0.2) is 0 Å². The van der Waals surface area contributed by atoms with Crippen LogP contribution < -0.4 is 4.89 Å². The van der Waals surface area contributed by atoms with Crippen molar-refractivity contribution < 1.29 is 37.6 Å². The van der Waals surface area contributed by atoms with Gasteiger partial charge in [0.25, 0.3) is 7.82 Å². The van der Waals surface area contributed by atoms with Crippen LogP contribution in [-0.2, 0) is 23.1 Å². The lowest BCUT2D eigenvalue weighted by molar-refractivity contribution is -0.870. The minimum absolute atomic E-state index is 0.00927. The number of phosphoric ester groups is 1. The lowest BCUT2D eigenvalue weighted by Crippen LogP contribution is -2.37. The molecule has 0 saturated carbocycles. The van der Waals surface area contributed by atoms with Crippen molar-refractivity contribution >= 4 is 13.8 Å². The number of aliphatic hydroxyl groups excluding tert-OH is 1. The number of rotatable bonds is 33. The highest BCUT2D eigenvalue weighted by molar-refractivity contribution is 7.45. The van der Waals surface area contributed by atoms with E-state index in [1.54, 1.807) is 0 Å². The highest BCUT2D eigenvalue weighted by atomic mass is 31.2. The van der Waals surface area contributed by atoms with E-state index in [-0.39, 0.29) is 19.2 Å². The lowest BCUT2D eigenvalue weighted by atomic mass is 10.0. The topological polar surface area (TPSA) is 105 Å². The Labute approximate surface area is 288 Å². The van der Waals surface area contributed by atoms with Crippen LogP contribution in [0.1, 0.15) is 135 Å². The molecule has 0 saturated heterocycles. The molecule has 0 aliphatic carbocycles. The molecule has 0 spiro atoms. The second-order valence-corrected chi connectivity index (χ2v) is 14.8. The van der Waals surface area contributed by atoms with E-state index in [9.17, 15) is 19.4 Å². The van der Waals surface area contributed by atoms with Gasteiger partial charge in [-0.2, -0.15) is 0 Å². The fraction of sp³-hybridized carbons (Fsp3) is 0.763. The summed E-state index contributed by atoms with van der Waals surface area (Å²) in [4.78, 5) is 23.7. The Morgan fingerprint density at radius 3 is 1.62 bits per heavy atom. The number of hydrogen-bond donors (Lipinski definition) is 1. The van der Waals surface area contributed by atoms with Crippen LogP contribution in [0, 0.1) is 0 Å². The number of quaternary nitrogens is 1. The molecule has 2 atom stereocenters. The van der Waals surface area contributed by atoms with Crippen LogP contribution in [0.4, 0.5) is 0 Å². The van der Waals surface area contributed by atoms with Gasteiger partial charge in [-0.3, -0.25) is 9.36 Å². The van der Waals surface area contributed by atoms with Crippen molar-refractivity contribution in [3.05, 3.63) is 48.6 Å². The summed E-state index contributed by atoms with van der Waals surface area (Å²) in [5, 5.41) is 9.86. The molecule has 9 heteroatoms. The van der Waals surface area contributed by atoms with E-state index in [1.165, 1.54) is 77.0 Å². The Bertz CT molecular complexity index is 895. The van der Waals surface area contributed by atoms with Crippen LogP contribution in [0.3, 0.4) is 0 Å². The minimum Gasteiger partial charge on any atom is -0.756 e. The maximum absolute atomic E-state index is 11.9. The highest BCUT2D eigenvalue weighted by Gasteiger charge is 2.16. The molecule has 2 unspecified atom stereocenters. The summed E-state index contributed by atoms with van der Waals surface area (Å²) in [5.74, 6) is -0.389. The Balaban J connectivity index is 3.45. The molecule has 0 aliphatic heterocycles. The van der Waals surface area contributed by atoms with Gasteiger partial charge in [-0.1, -0.05) is 133 Å². The largest absolute Gasteiger partial charge is 0.756 e. The minimum atomic E-state index is -4.50. The molecule has 0 heterocycles. The first-order valence-corrected chi connectivity index (χ1v) is 19.9. The van der Waals surface area contributed by atoms with Gasteiger partial charge in [0, 0.05) is 6.42 Å². The maximum atomic E-state index is 11.9. The first-order valence-electron chi connectivity index (χ1n) is 18.4. The Kier molecular flexibility index (Phi) is 30.7. The molecular formula is C38H70NO7P. The van der Waals surface area contributed by atoms with Crippen LogP contribution in [0.5, 0.6) is 0 Å². The predicted octanol–water partition coefficient (Wildman–Crippen LogP) is 9.15. The van der Waals surface area contributed by atoms with Crippen molar-refractivity contribution in [3.8, 4) is 0 Å². The summed E-state index contributed by atoms with van der Waals surface area (Å²) in [6, 6.07) is 0. The van der Waals surface area contributed by atoms with Crippen molar-refractivity contribution in [1.82, 2.24) is 0 Å². The van der Waals surface area contributed by atoms with Gasteiger partial charge in [-0.05, 0) is 44.9 Å². The summed E-state index contributed by atoms with van der Waals surface area (Å²) >= 11 is 0. The number of esters is 1. The zero-order valence-corrected chi connectivity index (χ0v) is 31.4. The number of hydrogen-bond acceptors (Lipinski definition) is 7. The number of carbonyl (C=O) groups excluding carboxylic acids is 1. The fourth-order valence-corrected chi connectivity index (χ4v) is 5.44. The third-order valence-corrected chi connectivity index (χ3v) is 8.56. The molecule has 0 rings (SSSR count). The maximum Gasteiger partial charge on any atom is 0.305 e. The second-order valence-electron chi connectivity index (χ2n) is 13.4. The number of aliphatic hydroxyl groups is 1. The summed E-state index contributed by atoms with van der Waals surface area (Å²) in [6.45, 7) is 1.83. The van der Waals surface area contributed by atoms with Gasteiger partial charge in [-0.25, -0.2) is 0 Å². The summed E-state index contributed by atoms with van der Waals surface area (Å²) in [6.07, 6.45) is 39.8. The van der Waals surface area contributed by atoms with Crippen LogP contribution in [-0.4, -0.2) is 69.2 Å². The quantitative estimate of drug-likeness (QED) is 0.0242. The number of phosphoric acid groups is 1. The lowest BCUT2D eigenvalue weighted by Gasteiger charge is -2.27. The average Bonchev–Trinajstić information content (AvgIpc) is 3.01. The van der Waals surface area contributed by atoms with E-state index >= 15 is 0 Å². The summed E-state index contributed by atoms with van der Waals surface area (Å²) in [7, 11) is 1.25. The number of likely N-dealkylation sites (N-methyl/N-ethyl adjacent to an activating group) is 1. The van der Waals surface area contributed by atoms with E-state index in [2.05, 4.69) is 60.1 Å². The van der Waals surface area contributed by atoms with Crippen molar-refractivity contribution in [3.63, 3.8) is 0 Å².